The molecule has 0 aromatic rings. The Bertz CT molecular complexity index is 156. The predicted octanol–water partition coefficient (Wildman–Crippen LogP) is 0.0726. The fraction of sp³-hybridized carbons (Fsp3) is 0.875. The van der Waals surface area contributed by atoms with Gasteiger partial charge in [-0.3, -0.25) is 9.69 Å². The molecule has 1 aliphatic rings. The number of carbonyl (C=O) groups excluding carboxylic acids is 1. The van der Waals surface area contributed by atoms with E-state index in [1.54, 1.807) is 0 Å². The largest absolute Gasteiger partial charge is 0.355 e. The lowest BCUT2D eigenvalue weighted by molar-refractivity contribution is -0.129. The first-order chi connectivity index (χ1) is 5.13. The van der Waals surface area contributed by atoms with Crippen LogP contribution in [0.3, 0.4) is 0 Å². The highest BCUT2D eigenvalue weighted by Gasteiger charge is 2.29. The first-order valence-corrected chi connectivity index (χ1v) is 4.07. The van der Waals surface area contributed by atoms with Crippen molar-refractivity contribution in [1.29, 1.82) is 0 Å². The molecule has 0 aromatic heterocycles. The molecule has 0 aliphatic carbocycles. The van der Waals surface area contributed by atoms with Crippen LogP contribution in [0.5, 0.6) is 0 Å². The van der Waals surface area contributed by atoms with E-state index >= 15 is 0 Å². The van der Waals surface area contributed by atoms with Crippen molar-refractivity contribution in [2.24, 2.45) is 5.92 Å². The van der Waals surface area contributed by atoms with Gasteiger partial charge in [-0.05, 0) is 26.4 Å². The molecule has 3 heteroatoms. The zero-order chi connectivity index (χ0) is 8.43. The van der Waals surface area contributed by atoms with Gasteiger partial charge in [-0.1, -0.05) is 6.92 Å². The molecule has 0 unspecified atom stereocenters. The smallest absolute Gasteiger partial charge is 0.237 e. The topological polar surface area (TPSA) is 32.3 Å². The molecule has 3 nitrogen and oxygen atoms in total. The molecular formula is C8H16N2O. The second kappa shape index (κ2) is 3.22. The number of hydrogen-bond acceptors (Lipinski definition) is 2. The Labute approximate surface area is 67.8 Å². The summed E-state index contributed by atoms with van der Waals surface area (Å²) in [4.78, 5) is 13.3. The molecule has 0 bridgehead atoms. The maximum absolute atomic E-state index is 11.3. The Morgan fingerprint density at radius 3 is 2.55 bits per heavy atom. The summed E-state index contributed by atoms with van der Waals surface area (Å²) in [5.41, 5.74) is 0. The normalized spacial score (nSPS) is 32.2. The second-order valence-electron chi connectivity index (χ2n) is 3.47. The molecule has 0 aromatic carbocycles. The molecule has 1 fully saturated rings. The van der Waals surface area contributed by atoms with Gasteiger partial charge in [0.15, 0.2) is 0 Å². The van der Waals surface area contributed by atoms with Crippen LogP contribution in [0.25, 0.3) is 0 Å². The van der Waals surface area contributed by atoms with Gasteiger partial charge >= 0.3 is 0 Å². The zero-order valence-electron chi connectivity index (χ0n) is 7.42. The van der Waals surface area contributed by atoms with Crippen LogP contribution in [0.1, 0.15) is 13.3 Å². The maximum Gasteiger partial charge on any atom is 0.237 e. The van der Waals surface area contributed by atoms with E-state index in [0.29, 0.717) is 5.92 Å². The summed E-state index contributed by atoms with van der Waals surface area (Å²) in [5, 5.41) is 2.86. The minimum atomic E-state index is 0.0729. The van der Waals surface area contributed by atoms with E-state index in [1.807, 2.05) is 19.0 Å². The SMILES string of the molecule is C[C@@H]1CCNC(=O)[C@@H]1N(C)C. The Morgan fingerprint density at radius 1 is 1.55 bits per heavy atom. The number of likely N-dealkylation sites (N-methyl/N-ethyl adjacent to an activating group) is 1. The Balaban J connectivity index is 2.63. The van der Waals surface area contributed by atoms with E-state index in [4.69, 9.17) is 0 Å². The lowest BCUT2D eigenvalue weighted by Crippen LogP contribution is -2.52. The molecular weight excluding hydrogens is 140 g/mol. The van der Waals surface area contributed by atoms with Crippen molar-refractivity contribution in [3.8, 4) is 0 Å². The van der Waals surface area contributed by atoms with Gasteiger partial charge < -0.3 is 5.32 Å². The molecule has 0 saturated carbocycles. The lowest BCUT2D eigenvalue weighted by Gasteiger charge is -2.32. The number of nitrogens with one attached hydrogen (secondary N) is 1. The molecule has 0 radical (unpaired) electrons. The molecule has 1 heterocycles. The average Bonchev–Trinajstić information content (AvgIpc) is 1.85. The third-order valence-electron chi connectivity index (χ3n) is 2.26. The van der Waals surface area contributed by atoms with Crippen LogP contribution in [0.4, 0.5) is 0 Å². The van der Waals surface area contributed by atoms with Crippen molar-refractivity contribution in [1.82, 2.24) is 10.2 Å². The van der Waals surface area contributed by atoms with E-state index in [2.05, 4.69) is 12.2 Å². The van der Waals surface area contributed by atoms with Gasteiger partial charge in [0, 0.05) is 6.54 Å². The van der Waals surface area contributed by atoms with Gasteiger partial charge in [-0.25, -0.2) is 0 Å². The summed E-state index contributed by atoms with van der Waals surface area (Å²) >= 11 is 0. The first-order valence-electron chi connectivity index (χ1n) is 4.07. The number of hydrogen-bond donors (Lipinski definition) is 1. The molecule has 1 saturated heterocycles. The zero-order valence-corrected chi connectivity index (χ0v) is 7.42. The van der Waals surface area contributed by atoms with E-state index in [9.17, 15) is 4.79 Å². The Morgan fingerprint density at radius 2 is 2.18 bits per heavy atom. The van der Waals surface area contributed by atoms with Crippen LogP contribution in [0, 0.1) is 5.92 Å². The van der Waals surface area contributed by atoms with Crippen molar-refractivity contribution in [2.75, 3.05) is 20.6 Å². The number of carbonyl (C=O) groups is 1. The summed E-state index contributed by atoms with van der Waals surface area (Å²) < 4.78 is 0. The summed E-state index contributed by atoms with van der Waals surface area (Å²) in [6.45, 7) is 2.97. The quantitative estimate of drug-likeness (QED) is 0.583. The highest BCUT2D eigenvalue weighted by molar-refractivity contribution is 5.82. The molecule has 1 amide bonds. The van der Waals surface area contributed by atoms with E-state index in [-0.39, 0.29) is 11.9 Å². The number of amides is 1. The molecule has 1 N–H and O–H groups in total. The summed E-state index contributed by atoms with van der Waals surface area (Å²) in [5.74, 6) is 0.660. The van der Waals surface area contributed by atoms with E-state index < -0.39 is 0 Å². The second-order valence-corrected chi connectivity index (χ2v) is 3.47. The van der Waals surface area contributed by atoms with Gasteiger partial charge in [-0.2, -0.15) is 0 Å². The van der Waals surface area contributed by atoms with E-state index in [1.165, 1.54) is 0 Å². The maximum atomic E-state index is 11.3. The average molecular weight is 156 g/mol. The van der Waals surface area contributed by atoms with Crippen LogP contribution >= 0.6 is 0 Å². The standard InChI is InChI=1S/C8H16N2O/c1-6-4-5-9-8(11)7(6)10(2)3/h6-7H,4-5H2,1-3H3,(H,9,11)/t6-,7-/m1/s1. The fourth-order valence-electron chi connectivity index (χ4n) is 1.69. The molecule has 1 aliphatic heterocycles. The van der Waals surface area contributed by atoms with Crippen molar-refractivity contribution in [2.45, 2.75) is 19.4 Å². The first kappa shape index (κ1) is 8.53. The number of piperidine rings is 1. The molecule has 2 atom stereocenters. The third kappa shape index (κ3) is 1.71. The molecule has 64 valence electrons. The van der Waals surface area contributed by atoms with Crippen LogP contribution in [-0.2, 0) is 4.79 Å². The molecule has 1 rings (SSSR count). The molecule has 0 spiro atoms. The van der Waals surface area contributed by atoms with Crippen LogP contribution in [0.2, 0.25) is 0 Å². The van der Waals surface area contributed by atoms with Gasteiger partial charge in [0.05, 0.1) is 6.04 Å². The Kier molecular flexibility index (Phi) is 2.49. The minimum absolute atomic E-state index is 0.0729. The fourth-order valence-corrected chi connectivity index (χ4v) is 1.69. The highest BCUT2D eigenvalue weighted by Crippen LogP contribution is 2.15. The lowest BCUT2D eigenvalue weighted by atomic mass is 9.93. The number of rotatable bonds is 1. The Hall–Kier alpha value is -0.570. The highest BCUT2D eigenvalue weighted by atomic mass is 16.2. The third-order valence-corrected chi connectivity index (χ3v) is 2.26. The van der Waals surface area contributed by atoms with Crippen LogP contribution < -0.4 is 5.32 Å². The monoisotopic (exact) mass is 156 g/mol. The summed E-state index contributed by atoms with van der Waals surface area (Å²) in [6, 6.07) is 0.0729. The summed E-state index contributed by atoms with van der Waals surface area (Å²) in [6.07, 6.45) is 1.09. The van der Waals surface area contributed by atoms with Gasteiger partial charge in [-0.15, -0.1) is 0 Å². The van der Waals surface area contributed by atoms with E-state index in [0.717, 1.165) is 13.0 Å². The minimum Gasteiger partial charge on any atom is -0.355 e. The van der Waals surface area contributed by atoms with Crippen LogP contribution in [-0.4, -0.2) is 37.5 Å². The van der Waals surface area contributed by atoms with Gasteiger partial charge in [0.1, 0.15) is 0 Å². The van der Waals surface area contributed by atoms with Gasteiger partial charge in [0.2, 0.25) is 5.91 Å². The van der Waals surface area contributed by atoms with Crippen molar-refractivity contribution in [3.05, 3.63) is 0 Å². The van der Waals surface area contributed by atoms with Crippen LogP contribution in [0.15, 0.2) is 0 Å². The van der Waals surface area contributed by atoms with Crippen molar-refractivity contribution >= 4 is 5.91 Å². The van der Waals surface area contributed by atoms with Gasteiger partial charge in [0.25, 0.3) is 0 Å². The molecule has 11 heavy (non-hydrogen) atoms. The predicted molar refractivity (Wildman–Crippen MR) is 44.3 cm³/mol. The van der Waals surface area contributed by atoms with Crippen molar-refractivity contribution in [3.63, 3.8) is 0 Å². The number of nitrogens with zero attached hydrogens (tertiary/aromatic N) is 1. The van der Waals surface area contributed by atoms with Crippen molar-refractivity contribution < 1.29 is 4.79 Å². The summed E-state index contributed by atoms with van der Waals surface area (Å²) in [7, 11) is 3.90.